The number of likely N-dealkylation sites (tertiary alicyclic amines) is 1. The van der Waals surface area contributed by atoms with Crippen molar-refractivity contribution in [2.45, 2.75) is 25.4 Å². The van der Waals surface area contributed by atoms with Gasteiger partial charge in [0.2, 0.25) is 0 Å². The quantitative estimate of drug-likeness (QED) is 0.562. The zero-order valence-corrected chi connectivity index (χ0v) is 17.8. The van der Waals surface area contributed by atoms with Gasteiger partial charge in [0.25, 0.3) is 0 Å². The third-order valence-corrected chi connectivity index (χ3v) is 5.71. The molecule has 3 aromatic rings. The molecule has 0 aliphatic carbocycles. The van der Waals surface area contributed by atoms with Crippen LogP contribution in [0.25, 0.3) is 0 Å². The average Bonchev–Trinajstić information content (AvgIpc) is 2.84. The van der Waals surface area contributed by atoms with Crippen LogP contribution in [0.4, 0.5) is 10.5 Å². The van der Waals surface area contributed by atoms with Crippen LogP contribution >= 0.6 is 0 Å². The predicted octanol–water partition coefficient (Wildman–Crippen LogP) is 5.69. The number of methoxy groups -OCH3 is 1. The molecule has 1 fully saturated rings. The monoisotopic (exact) mass is 416 g/mol. The van der Waals surface area contributed by atoms with Crippen LogP contribution in [0.15, 0.2) is 78.9 Å². The molecule has 0 saturated carbocycles. The smallest absolute Gasteiger partial charge is 0.321 e. The van der Waals surface area contributed by atoms with Crippen LogP contribution in [0, 0.1) is 0 Å². The van der Waals surface area contributed by atoms with E-state index >= 15 is 0 Å². The SMILES string of the molecule is COc1ccccc1C1CCN(C(=O)Nc2ccc(OCc3ccccc3)cc2)CC1. The first-order valence-corrected chi connectivity index (χ1v) is 10.7. The number of nitrogens with one attached hydrogen (secondary N) is 1. The highest BCUT2D eigenvalue weighted by Crippen LogP contribution is 2.34. The van der Waals surface area contributed by atoms with Crippen LogP contribution in [0.1, 0.15) is 29.9 Å². The van der Waals surface area contributed by atoms with Gasteiger partial charge in [-0.05, 0) is 60.2 Å². The molecule has 3 aromatic carbocycles. The number of benzene rings is 3. The molecule has 2 amide bonds. The second-order valence-electron chi connectivity index (χ2n) is 7.73. The van der Waals surface area contributed by atoms with Gasteiger partial charge in [0.05, 0.1) is 7.11 Å². The summed E-state index contributed by atoms with van der Waals surface area (Å²) in [5, 5.41) is 3.00. The van der Waals surface area contributed by atoms with Crippen molar-refractivity contribution in [1.82, 2.24) is 4.90 Å². The van der Waals surface area contributed by atoms with E-state index in [0.29, 0.717) is 12.5 Å². The Balaban J connectivity index is 1.27. The fourth-order valence-corrected chi connectivity index (χ4v) is 3.98. The van der Waals surface area contributed by atoms with Crippen LogP contribution in [0.2, 0.25) is 0 Å². The predicted molar refractivity (Wildman–Crippen MR) is 123 cm³/mol. The number of hydrogen-bond donors (Lipinski definition) is 1. The summed E-state index contributed by atoms with van der Waals surface area (Å²) in [7, 11) is 1.71. The zero-order valence-electron chi connectivity index (χ0n) is 17.8. The molecule has 0 radical (unpaired) electrons. The second-order valence-corrected chi connectivity index (χ2v) is 7.73. The molecule has 5 nitrogen and oxygen atoms in total. The Morgan fingerprint density at radius 2 is 1.61 bits per heavy atom. The first-order chi connectivity index (χ1) is 15.2. The minimum Gasteiger partial charge on any atom is -0.496 e. The molecule has 0 spiro atoms. The molecule has 0 unspecified atom stereocenters. The number of piperidine rings is 1. The van der Waals surface area contributed by atoms with E-state index in [1.807, 2.05) is 77.7 Å². The van der Waals surface area contributed by atoms with E-state index in [1.54, 1.807) is 7.11 Å². The van der Waals surface area contributed by atoms with Gasteiger partial charge in [0, 0.05) is 18.8 Å². The molecule has 1 aliphatic heterocycles. The van der Waals surface area contributed by atoms with Crippen LogP contribution in [-0.2, 0) is 6.61 Å². The number of ether oxygens (including phenoxy) is 2. The molecule has 1 heterocycles. The van der Waals surface area contributed by atoms with Gasteiger partial charge in [-0.2, -0.15) is 0 Å². The number of carbonyl (C=O) groups is 1. The number of amides is 2. The molecule has 1 saturated heterocycles. The summed E-state index contributed by atoms with van der Waals surface area (Å²) >= 11 is 0. The first kappa shape index (κ1) is 20.8. The topological polar surface area (TPSA) is 50.8 Å². The van der Waals surface area contributed by atoms with Gasteiger partial charge in [0.15, 0.2) is 0 Å². The third-order valence-electron chi connectivity index (χ3n) is 5.71. The van der Waals surface area contributed by atoms with E-state index in [4.69, 9.17) is 9.47 Å². The molecule has 0 atom stereocenters. The molecule has 160 valence electrons. The zero-order chi connectivity index (χ0) is 21.5. The van der Waals surface area contributed by atoms with Crippen molar-refractivity contribution >= 4 is 11.7 Å². The summed E-state index contributed by atoms with van der Waals surface area (Å²) in [5.74, 6) is 2.13. The van der Waals surface area contributed by atoms with Crippen molar-refractivity contribution < 1.29 is 14.3 Å². The van der Waals surface area contributed by atoms with Crippen molar-refractivity contribution in [3.8, 4) is 11.5 Å². The lowest BCUT2D eigenvalue weighted by Gasteiger charge is -2.32. The number of urea groups is 1. The van der Waals surface area contributed by atoms with Gasteiger partial charge in [0.1, 0.15) is 18.1 Å². The highest BCUT2D eigenvalue weighted by Gasteiger charge is 2.25. The van der Waals surface area contributed by atoms with E-state index < -0.39 is 0 Å². The number of nitrogens with zero attached hydrogens (tertiary/aromatic N) is 1. The van der Waals surface area contributed by atoms with E-state index in [-0.39, 0.29) is 6.03 Å². The lowest BCUT2D eigenvalue weighted by Crippen LogP contribution is -2.40. The Morgan fingerprint density at radius 3 is 2.32 bits per heavy atom. The summed E-state index contributed by atoms with van der Waals surface area (Å²) in [6.45, 7) is 1.98. The maximum absolute atomic E-state index is 12.7. The van der Waals surface area contributed by atoms with Gasteiger partial charge in [-0.25, -0.2) is 4.79 Å². The normalized spacial score (nSPS) is 14.2. The molecular weight excluding hydrogens is 388 g/mol. The molecule has 1 N–H and O–H groups in total. The summed E-state index contributed by atoms with van der Waals surface area (Å²) in [6, 6.07) is 25.7. The van der Waals surface area contributed by atoms with Crippen LogP contribution < -0.4 is 14.8 Å². The lowest BCUT2D eigenvalue weighted by molar-refractivity contribution is 0.194. The molecule has 1 aliphatic rings. The van der Waals surface area contributed by atoms with E-state index in [0.717, 1.165) is 48.7 Å². The lowest BCUT2D eigenvalue weighted by atomic mass is 9.89. The van der Waals surface area contributed by atoms with Crippen LogP contribution in [-0.4, -0.2) is 31.1 Å². The number of anilines is 1. The minimum absolute atomic E-state index is 0.0589. The maximum Gasteiger partial charge on any atom is 0.321 e. The average molecular weight is 417 g/mol. The van der Waals surface area contributed by atoms with E-state index in [2.05, 4.69) is 11.4 Å². The second kappa shape index (κ2) is 10.0. The Kier molecular flexibility index (Phi) is 6.72. The summed E-state index contributed by atoms with van der Waals surface area (Å²) in [6.07, 6.45) is 1.86. The van der Waals surface area contributed by atoms with Crippen molar-refractivity contribution in [3.05, 3.63) is 90.0 Å². The Morgan fingerprint density at radius 1 is 0.935 bits per heavy atom. The van der Waals surface area contributed by atoms with Gasteiger partial charge in [-0.3, -0.25) is 0 Å². The molecule has 0 aromatic heterocycles. The first-order valence-electron chi connectivity index (χ1n) is 10.7. The largest absolute Gasteiger partial charge is 0.496 e. The summed E-state index contributed by atoms with van der Waals surface area (Å²) < 4.78 is 11.3. The molecule has 0 bridgehead atoms. The molecule has 31 heavy (non-hydrogen) atoms. The number of rotatable bonds is 6. The Labute approximate surface area is 183 Å². The molecule has 5 heteroatoms. The highest BCUT2D eigenvalue weighted by molar-refractivity contribution is 5.89. The summed E-state index contributed by atoms with van der Waals surface area (Å²) in [5.41, 5.74) is 3.12. The van der Waals surface area contributed by atoms with Gasteiger partial charge < -0.3 is 19.7 Å². The highest BCUT2D eigenvalue weighted by atomic mass is 16.5. The van der Waals surface area contributed by atoms with Crippen molar-refractivity contribution in [1.29, 1.82) is 0 Å². The van der Waals surface area contributed by atoms with Gasteiger partial charge >= 0.3 is 6.03 Å². The molecule has 4 rings (SSSR count). The number of carbonyl (C=O) groups excluding carboxylic acids is 1. The fourth-order valence-electron chi connectivity index (χ4n) is 3.98. The Hall–Kier alpha value is -3.47. The van der Waals surface area contributed by atoms with Crippen molar-refractivity contribution in [3.63, 3.8) is 0 Å². The fraction of sp³-hybridized carbons (Fsp3) is 0.269. The number of hydrogen-bond acceptors (Lipinski definition) is 3. The van der Waals surface area contributed by atoms with Gasteiger partial charge in [-0.15, -0.1) is 0 Å². The van der Waals surface area contributed by atoms with Gasteiger partial charge in [-0.1, -0.05) is 48.5 Å². The molecular formula is C26H28N2O3. The van der Waals surface area contributed by atoms with Crippen LogP contribution in [0.3, 0.4) is 0 Å². The third kappa shape index (κ3) is 5.37. The van der Waals surface area contributed by atoms with Crippen molar-refractivity contribution in [2.24, 2.45) is 0 Å². The minimum atomic E-state index is -0.0589. The van der Waals surface area contributed by atoms with E-state index in [1.165, 1.54) is 5.56 Å². The maximum atomic E-state index is 12.7. The number of para-hydroxylation sites is 1. The van der Waals surface area contributed by atoms with Crippen molar-refractivity contribution in [2.75, 3.05) is 25.5 Å². The van der Waals surface area contributed by atoms with Crippen LogP contribution in [0.5, 0.6) is 11.5 Å². The van der Waals surface area contributed by atoms with E-state index in [9.17, 15) is 4.79 Å². The summed E-state index contributed by atoms with van der Waals surface area (Å²) in [4.78, 5) is 14.6. The standard InChI is InChI=1S/C26H28N2O3/c1-30-25-10-6-5-9-24(25)21-15-17-28(18-16-21)26(29)27-22-11-13-23(14-12-22)31-19-20-7-3-2-4-8-20/h2-14,21H,15-19H2,1H3,(H,27,29). The Bertz CT molecular complexity index is 981.